The smallest absolute Gasteiger partial charge is 0.264 e. The Morgan fingerprint density at radius 2 is 2.10 bits per heavy atom. The number of nitrogens with one attached hydrogen (secondary N) is 1. The van der Waals surface area contributed by atoms with Gasteiger partial charge < -0.3 is 0 Å². The quantitative estimate of drug-likeness (QED) is 0.905. The first kappa shape index (κ1) is 13.7. The van der Waals surface area contributed by atoms with Crippen LogP contribution in [0.4, 0.5) is 10.1 Å². The zero-order valence-corrected chi connectivity index (χ0v) is 11.8. The molecule has 21 heavy (non-hydrogen) atoms. The second-order valence-electron chi connectivity index (χ2n) is 4.30. The molecule has 0 bridgehead atoms. The monoisotopic (exact) mass is 306 g/mol. The SMILES string of the molecule is CNN1C(c2cccnc2)=NS(=O)(=O)c2cc(F)ccc21. The van der Waals surface area contributed by atoms with Gasteiger partial charge >= 0.3 is 0 Å². The van der Waals surface area contributed by atoms with Crippen molar-refractivity contribution in [2.75, 3.05) is 12.1 Å². The number of hydrogen-bond donors (Lipinski definition) is 1. The molecule has 0 saturated carbocycles. The summed E-state index contributed by atoms with van der Waals surface area (Å²) in [4.78, 5) is 3.78. The molecule has 0 amide bonds. The standard InChI is InChI=1S/C13H11FN4O2S/c1-15-18-11-5-4-10(14)7-12(11)21(19,20)17-13(18)9-3-2-6-16-8-9/h2-8,15H,1H3. The molecule has 108 valence electrons. The summed E-state index contributed by atoms with van der Waals surface area (Å²) in [6, 6.07) is 6.92. The topological polar surface area (TPSA) is 74.7 Å². The molecule has 0 unspecified atom stereocenters. The van der Waals surface area contributed by atoms with Crippen molar-refractivity contribution in [1.29, 1.82) is 0 Å². The highest BCUT2D eigenvalue weighted by molar-refractivity contribution is 7.90. The van der Waals surface area contributed by atoms with Crippen LogP contribution in [-0.2, 0) is 10.0 Å². The molecular weight excluding hydrogens is 295 g/mol. The van der Waals surface area contributed by atoms with Gasteiger partial charge in [-0.05, 0) is 30.3 Å². The Balaban J connectivity index is 2.25. The van der Waals surface area contributed by atoms with Gasteiger partial charge in [0.25, 0.3) is 10.0 Å². The summed E-state index contributed by atoms with van der Waals surface area (Å²) in [5.74, 6) is -0.446. The fraction of sp³-hybridized carbons (Fsp3) is 0.0769. The first-order valence-corrected chi connectivity index (χ1v) is 7.49. The molecular formula is C13H11FN4O2S. The van der Waals surface area contributed by atoms with Crippen molar-refractivity contribution in [3.8, 4) is 0 Å². The number of halogens is 1. The number of sulfonamides is 1. The van der Waals surface area contributed by atoms with Crippen molar-refractivity contribution in [2.45, 2.75) is 4.90 Å². The highest BCUT2D eigenvalue weighted by atomic mass is 32.2. The van der Waals surface area contributed by atoms with Gasteiger partial charge in [0.2, 0.25) is 0 Å². The van der Waals surface area contributed by atoms with Gasteiger partial charge in [-0.3, -0.25) is 9.99 Å². The van der Waals surface area contributed by atoms with Gasteiger partial charge in [0.15, 0.2) is 5.84 Å². The van der Waals surface area contributed by atoms with E-state index in [1.165, 1.54) is 23.3 Å². The van der Waals surface area contributed by atoms with Gasteiger partial charge in [0, 0.05) is 25.0 Å². The largest absolute Gasteiger partial charge is 0.286 e. The Kier molecular flexibility index (Phi) is 3.19. The minimum Gasteiger partial charge on any atom is -0.264 e. The third kappa shape index (κ3) is 2.28. The van der Waals surface area contributed by atoms with Crippen LogP contribution in [0.25, 0.3) is 0 Å². The van der Waals surface area contributed by atoms with Gasteiger partial charge in [0.05, 0.1) is 5.69 Å². The van der Waals surface area contributed by atoms with Crippen molar-refractivity contribution in [3.05, 3.63) is 54.1 Å². The molecule has 1 N–H and O–H groups in total. The summed E-state index contributed by atoms with van der Waals surface area (Å²) in [5, 5.41) is 1.48. The lowest BCUT2D eigenvalue weighted by Gasteiger charge is -2.29. The minimum absolute atomic E-state index is 0.176. The summed E-state index contributed by atoms with van der Waals surface area (Å²) < 4.78 is 41.6. The number of anilines is 1. The van der Waals surface area contributed by atoms with Crippen molar-refractivity contribution in [1.82, 2.24) is 10.4 Å². The molecule has 0 atom stereocenters. The van der Waals surface area contributed by atoms with Crippen molar-refractivity contribution in [3.63, 3.8) is 0 Å². The van der Waals surface area contributed by atoms with Gasteiger partial charge in [-0.15, -0.1) is 4.40 Å². The van der Waals surface area contributed by atoms with E-state index in [0.29, 0.717) is 11.3 Å². The number of hydrogen-bond acceptors (Lipinski definition) is 5. The van der Waals surface area contributed by atoms with Crippen LogP contribution < -0.4 is 10.4 Å². The molecule has 0 aliphatic carbocycles. The van der Waals surface area contributed by atoms with E-state index in [4.69, 9.17) is 0 Å². The molecule has 8 heteroatoms. The van der Waals surface area contributed by atoms with Crippen LogP contribution in [0.5, 0.6) is 0 Å². The molecule has 0 saturated heterocycles. The molecule has 1 aromatic carbocycles. The van der Waals surface area contributed by atoms with Crippen molar-refractivity contribution < 1.29 is 12.8 Å². The fourth-order valence-corrected chi connectivity index (χ4v) is 3.30. The van der Waals surface area contributed by atoms with Crippen LogP contribution in [0.3, 0.4) is 0 Å². The van der Waals surface area contributed by atoms with E-state index in [-0.39, 0.29) is 10.7 Å². The minimum atomic E-state index is -3.97. The number of pyridine rings is 1. The van der Waals surface area contributed by atoms with E-state index in [9.17, 15) is 12.8 Å². The lowest BCUT2D eigenvalue weighted by molar-refractivity contribution is 0.590. The normalized spacial score (nSPS) is 16.3. The number of amidine groups is 1. The summed E-state index contributed by atoms with van der Waals surface area (Å²) in [5.41, 5.74) is 3.70. The van der Waals surface area contributed by atoms with Gasteiger partial charge in [-0.1, -0.05) is 0 Å². The average molecular weight is 306 g/mol. The van der Waals surface area contributed by atoms with E-state index in [1.807, 2.05) is 0 Å². The Morgan fingerprint density at radius 1 is 1.29 bits per heavy atom. The average Bonchev–Trinajstić information content (AvgIpc) is 2.48. The van der Waals surface area contributed by atoms with Gasteiger partial charge in [-0.25, -0.2) is 9.82 Å². The van der Waals surface area contributed by atoms with Crippen LogP contribution >= 0.6 is 0 Å². The summed E-state index contributed by atoms with van der Waals surface area (Å²) >= 11 is 0. The zero-order valence-electron chi connectivity index (χ0n) is 11.0. The molecule has 1 aliphatic heterocycles. The molecule has 6 nitrogen and oxygen atoms in total. The summed E-state index contributed by atoms with van der Waals surface area (Å²) in [7, 11) is -2.34. The maximum Gasteiger partial charge on any atom is 0.286 e. The Hall–Kier alpha value is -2.32. The molecule has 0 spiro atoms. The van der Waals surface area contributed by atoms with Gasteiger partial charge in [0.1, 0.15) is 10.7 Å². The Bertz CT molecular complexity index is 821. The van der Waals surface area contributed by atoms with Crippen LogP contribution in [0, 0.1) is 5.82 Å². The molecule has 3 rings (SSSR count). The maximum absolute atomic E-state index is 13.3. The van der Waals surface area contributed by atoms with Crippen LogP contribution in [0.2, 0.25) is 0 Å². The second-order valence-corrected chi connectivity index (χ2v) is 5.88. The number of aromatic nitrogens is 1. The van der Waals surface area contributed by atoms with E-state index in [0.717, 1.165) is 6.07 Å². The highest BCUT2D eigenvalue weighted by Crippen LogP contribution is 2.32. The number of benzene rings is 1. The molecule has 0 fully saturated rings. The van der Waals surface area contributed by atoms with E-state index in [2.05, 4.69) is 14.8 Å². The second kappa shape index (κ2) is 4.90. The number of fused-ring (bicyclic) bond motifs is 1. The Morgan fingerprint density at radius 3 is 2.76 bits per heavy atom. The molecule has 2 heterocycles. The van der Waals surface area contributed by atoms with E-state index >= 15 is 0 Å². The predicted octanol–water partition coefficient (Wildman–Crippen LogP) is 1.31. The van der Waals surface area contributed by atoms with Crippen molar-refractivity contribution in [2.24, 2.45) is 4.40 Å². The fourth-order valence-electron chi connectivity index (χ4n) is 2.10. The third-order valence-electron chi connectivity index (χ3n) is 3.00. The van der Waals surface area contributed by atoms with Gasteiger partial charge in [-0.2, -0.15) is 8.42 Å². The third-order valence-corrected chi connectivity index (χ3v) is 4.30. The first-order valence-electron chi connectivity index (χ1n) is 6.05. The summed E-state index contributed by atoms with van der Waals surface area (Å²) in [6.07, 6.45) is 3.08. The molecule has 0 radical (unpaired) electrons. The zero-order chi connectivity index (χ0) is 15.0. The predicted molar refractivity (Wildman–Crippen MR) is 75.9 cm³/mol. The number of rotatable bonds is 2. The molecule has 1 aliphatic rings. The number of hydrazine groups is 1. The lowest BCUT2D eigenvalue weighted by atomic mass is 10.2. The van der Waals surface area contributed by atoms with Crippen LogP contribution in [0.15, 0.2) is 52.0 Å². The highest BCUT2D eigenvalue weighted by Gasteiger charge is 2.31. The summed E-state index contributed by atoms with van der Waals surface area (Å²) in [6.45, 7) is 0. The Labute approximate surface area is 121 Å². The molecule has 1 aromatic heterocycles. The van der Waals surface area contributed by atoms with Crippen LogP contribution in [0.1, 0.15) is 5.56 Å². The van der Waals surface area contributed by atoms with E-state index in [1.54, 1.807) is 25.4 Å². The van der Waals surface area contributed by atoms with E-state index < -0.39 is 15.8 Å². The van der Waals surface area contributed by atoms with Crippen molar-refractivity contribution >= 4 is 21.5 Å². The van der Waals surface area contributed by atoms with Crippen LogP contribution in [-0.4, -0.2) is 26.3 Å². The molecule has 2 aromatic rings. The first-order chi connectivity index (χ1) is 10.0. The maximum atomic E-state index is 13.3. The lowest BCUT2D eigenvalue weighted by Crippen LogP contribution is -2.44. The number of nitrogens with zero attached hydrogens (tertiary/aromatic N) is 3.